The summed E-state index contributed by atoms with van der Waals surface area (Å²) in [4.78, 5) is 11.2. The van der Waals surface area contributed by atoms with Crippen LogP contribution >= 0.6 is 11.8 Å². The Kier molecular flexibility index (Phi) is 3.60. The molecule has 7 heteroatoms. The van der Waals surface area contributed by atoms with Crippen LogP contribution in [0.1, 0.15) is 41.1 Å². The van der Waals surface area contributed by atoms with Crippen molar-refractivity contribution in [2.24, 2.45) is 7.05 Å². The third-order valence-electron chi connectivity index (χ3n) is 3.60. The second-order valence-corrected chi connectivity index (χ2v) is 5.96. The molecule has 3 heterocycles. The van der Waals surface area contributed by atoms with Crippen molar-refractivity contribution in [1.29, 1.82) is 0 Å². The van der Waals surface area contributed by atoms with Crippen molar-refractivity contribution in [3.8, 4) is 0 Å². The van der Waals surface area contributed by atoms with Gasteiger partial charge in [0, 0.05) is 20.0 Å². The molecule has 0 saturated heterocycles. The first-order valence-electron chi connectivity index (χ1n) is 6.79. The average Bonchev–Trinajstić information content (AvgIpc) is 2.81. The molecule has 0 saturated carbocycles. The first-order chi connectivity index (χ1) is 9.70. The van der Waals surface area contributed by atoms with E-state index in [1.807, 2.05) is 14.0 Å². The van der Waals surface area contributed by atoms with Gasteiger partial charge in [-0.3, -0.25) is 9.48 Å². The molecule has 0 aliphatic carbocycles. The van der Waals surface area contributed by atoms with Crippen LogP contribution in [-0.4, -0.2) is 30.8 Å². The summed E-state index contributed by atoms with van der Waals surface area (Å²) in [6, 6.07) is 0. The quantitative estimate of drug-likeness (QED) is 0.809. The van der Waals surface area contributed by atoms with E-state index in [4.69, 9.17) is 0 Å². The lowest BCUT2D eigenvalue weighted by Crippen LogP contribution is -2.03. The fraction of sp³-hybridized carbons (Fsp3) is 0.538. The number of carbonyl (C=O) groups is 1. The van der Waals surface area contributed by atoms with Crippen LogP contribution in [0.3, 0.4) is 0 Å². The van der Waals surface area contributed by atoms with Crippen LogP contribution in [0.15, 0.2) is 10.2 Å². The minimum absolute atomic E-state index is 0.642. The van der Waals surface area contributed by atoms with E-state index in [0.717, 1.165) is 47.4 Å². The summed E-state index contributed by atoms with van der Waals surface area (Å²) in [5.41, 5.74) is 1.39. The lowest BCUT2D eigenvalue weighted by Gasteiger charge is -2.06. The van der Waals surface area contributed by atoms with E-state index in [1.165, 1.54) is 24.6 Å². The number of aldehydes is 1. The second kappa shape index (κ2) is 5.40. The van der Waals surface area contributed by atoms with E-state index < -0.39 is 0 Å². The molecule has 106 valence electrons. The summed E-state index contributed by atoms with van der Waals surface area (Å²) in [5, 5.41) is 14.5. The third-order valence-corrected chi connectivity index (χ3v) is 4.76. The highest BCUT2D eigenvalue weighted by molar-refractivity contribution is 7.99. The molecule has 0 aromatic carbocycles. The minimum atomic E-state index is 0.642. The molecule has 20 heavy (non-hydrogen) atoms. The van der Waals surface area contributed by atoms with Gasteiger partial charge in [-0.1, -0.05) is 6.42 Å². The Labute approximate surface area is 121 Å². The lowest BCUT2D eigenvalue weighted by atomic mass is 10.2. The van der Waals surface area contributed by atoms with Crippen molar-refractivity contribution in [2.45, 2.75) is 49.3 Å². The topological polar surface area (TPSA) is 65.6 Å². The normalized spacial score (nSPS) is 14.9. The van der Waals surface area contributed by atoms with Crippen LogP contribution in [-0.2, 0) is 20.0 Å². The van der Waals surface area contributed by atoms with Crippen molar-refractivity contribution in [2.75, 3.05) is 0 Å². The minimum Gasteiger partial charge on any atom is -0.306 e. The van der Waals surface area contributed by atoms with Gasteiger partial charge in [0.15, 0.2) is 11.4 Å². The fourth-order valence-electron chi connectivity index (χ4n) is 2.53. The number of aromatic nitrogens is 5. The highest BCUT2D eigenvalue weighted by Crippen LogP contribution is 2.31. The van der Waals surface area contributed by atoms with Crippen molar-refractivity contribution in [3.05, 3.63) is 17.1 Å². The maximum Gasteiger partial charge on any atom is 0.197 e. The van der Waals surface area contributed by atoms with Gasteiger partial charge in [-0.25, -0.2) is 0 Å². The molecule has 0 amide bonds. The molecule has 0 atom stereocenters. The number of nitrogens with zero attached hydrogens (tertiary/aromatic N) is 5. The lowest BCUT2D eigenvalue weighted by molar-refractivity contribution is 0.112. The zero-order valence-electron chi connectivity index (χ0n) is 11.7. The van der Waals surface area contributed by atoms with Crippen LogP contribution in [0.25, 0.3) is 0 Å². The predicted molar refractivity (Wildman–Crippen MR) is 75.0 cm³/mol. The maximum atomic E-state index is 11.2. The zero-order chi connectivity index (χ0) is 14.1. The van der Waals surface area contributed by atoms with Crippen molar-refractivity contribution >= 4 is 18.0 Å². The molecule has 0 N–H and O–H groups in total. The Morgan fingerprint density at radius 3 is 2.90 bits per heavy atom. The van der Waals surface area contributed by atoms with Crippen LogP contribution < -0.4 is 0 Å². The largest absolute Gasteiger partial charge is 0.306 e. The molecule has 1 aliphatic rings. The van der Waals surface area contributed by atoms with E-state index in [1.54, 1.807) is 4.68 Å². The van der Waals surface area contributed by atoms with Crippen molar-refractivity contribution in [1.82, 2.24) is 24.5 Å². The Balaban J connectivity index is 1.96. The van der Waals surface area contributed by atoms with Gasteiger partial charge in [-0.05, 0) is 31.5 Å². The average molecular weight is 291 g/mol. The van der Waals surface area contributed by atoms with Crippen LogP contribution in [0.5, 0.6) is 0 Å². The van der Waals surface area contributed by atoms with Crippen molar-refractivity contribution < 1.29 is 4.79 Å². The van der Waals surface area contributed by atoms with Crippen LogP contribution in [0, 0.1) is 6.92 Å². The number of carbonyl (C=O) groups excluding carboxylic acids is 1. The molecule has 0 bridgehead atoms. The van der Waals surface area contributed by atoms with Crippen LogP contribution in [0.2, 0.25) is 0 Å². The van der Waals surface area contributed by atoms with Gasteiger partial charge >= 0.3 is 0 Å². The number of hydrogen-bond acceptors (Lipinski definition) is 5. The number of fused-ring (bicyclic) bond motifs is 1. The summed E-state index contributed by atoms with van der Waals surface area (Å²) in [5.74, 6) is 1.05. The molecular weight excluding hydrogens is 274 g/mol. The number of hydrogen-bond donors (Lipinski definition) is 0. The Morgan fingerprint density at radius 1 is 1.25 bits per heavy atom. The van der Waals surface area contributed by atoms with Crippen molar-refractivity contribution in [3.63, 3.8) is 0 Å². The van der Waals surface area contributed by atoms with Gasteiger partial charge < -0.3 is 4.57 Å². The van der Waals surface area contributed by atoms with E-state index >= 15 is 0 Å². The number of rotatable bonds is 3. The molecule has 0 radical (unpaired) electrons. The SMILES string of the molecule is Cc1nn(C)c(Sc2nnc3n2CCCCC3)c1C=O. The smallest absolute Gasteiger partial charge is 0.197 e. The Bertz CT molecular complexity index is 645. The maximum absolute atomic E-state index is 11.2. The molecule has 0 fully saturated rings. The monoisotopic (exact) mass is 291 g/mol. The van der Waals surface area contributed by atoms with E-state index in [2.05, 4.69) is 19.9 Å². The van der Waals surface area contributed by atoms with Gasteiger partial charge in [0.05, 0.1) is 11.3 Å². The molecule has 2 aromatic heterocycles. The second-order valence-electron chi connectivity index (χ2n) is 5.01. The number of aryl methyl sites for hydroxylation is 3. The highest BCUT2D eigenvalue weighted by atomic mass is 32.2. The van der Waals surface area contributed by atoms with Crippen LogP contribution in [0.4, 0.5) is 0 Å². The fourth-order valence-corrected chi connectivity index (χ4v) is 3.57. The standard InChI is InChI=1S/C13H17N5OS/c1-9-10(8-19)12(17(2)16-9)20-13-15-14-11-6-4-3-5-7-18(11)13/h8H,3-7H2,1-2H3. The Hall–Kier alpha value is -1.63. The first-order valence-corrected chi connectivity index (χ1v) is 7.61. The summed E-state index contributed by atoms with van der Waals surface area (Å²) < 4.78 is 3.91. The molecule has 0 spiro atoms. The zero-order valence-corrected chi connectivity index (χ0v) is 12.5. The van der Waals surface area contributed by atoms with Gasteiger partial charge in [0.1, 0.15) is 10.9 Å². The summed E-state index contributed by atoms with van der Waals surface area (Å²) in [7, 11) is 1.85. The first kappa shape index (κ1) is 13.4. The van der Waals surface area contributed by atoms with Gasteiger partial charge in [-0.2, -0.15) is 5.10 Å². The van der Waals surface area contributed by atoms with E-state index in [-0.39, 0.29) is 0 Å². The molecular formula is C13H17N5OS. The summed E-state index contributed by atoms with van der Waals surface area (Å²) >= 11 is 1.48. The van der Waals surface area contributed by atoms with Gasteiger partial charge in [-0.15, -0.1) is 10.2 Å². The molecule has 0 unspecified atom stereocenters. The highest BCUT2D eigenvalue weighted by Gasteiger charge is 2.20. The molecule has 6 nitrogen and oxygen atoms in total. The Morgan fingerprint density at radius 2 is 2.10 bits per heavy atom. The molecule has 3 rings (SSSR count). The predicted octanol–water partition coefficient (Wildman–Crippen LogP) is 2.01. The van der Waals surface area contributed by atoms with Gasteiger partial charge in [0.2, 0.25) is 0 Å². The summed E-state index contributed by atoms with van der Waals surface area (Å²) in [6.07, 6.45) is 5.41. The van der Waals surface area contributed by atoms with Gasteiger partial charge in [0.25, 0.3) is 0 Å². The molecule has 1 aliphatic heterocycles. The van der Waals surface area contributed by atoms with E-state index in [9.17, 15) is 4.79 Å². The summed E-state index contributed by atoms with van der Waals surface area (Å²) in [6.45, 7) is 2.80. The third kappa shape index (κ3) is 2.26. The van der Waals surface area contributed by atoms with E-state index in [0.29, 0.717) is 5.56 Å². The molecule has 2 aromatic rings.